The standard InChI is InChI=1S/C13H17NO3S/c1-2-13(15)14(11-6-4-3-5-7-11)12-8-9-18(16,17)10-12/h3-7,12H,2,8-10H2,1H3. The maximum absolute atomic E-state index is 12.0. The minimum Gasteiger partial charge on any atom is -0.308 e. The SMILES string of the molecule is CCC(=O)N(c1ccccc1)C1CCS(=O)(=O)C1. The summed E-state index contributed by atoms with van der Waals surface area (Å²) in [4.78, 5) is 13.7. The van der Waals surface area contributed by atoms with Gasteiger partial charge in [0, 0.05) is 12.1 Å². The van der Waals surface area contributed by atoms with Crippen molar-refractivity contribution in [3.05, 3.63) is 30.3 Å². The van der Waals surface area contributed by atoms with Gasteiger partial charge in [-0.1, -0.05) is 25.1 Å². The van der Waals surface area contributed by atoms with Crippen molar-refractivity contribution in [2.24, 2.45) is 0 Å². The second-order valence-electron chi connectivity index (χ2n) is 4.51. The number of rotatable bonds is 3. The zero-order chi connectivity index (χ0) is 13.2. The number of amides is 1. The van der Waals surface area contributed by atoms with Gasteiger partial charge >= 0.3 is 0 Å². The average Bonchev–Trinajstić information content (AvgIpc) is 2.71. The van der Waals surface area contributed by atoms with E-state index in [0.717, 1.165) is 5.69 Å². The molecule has 0 aliphatic carbocycles. The molecular weight excluding hydrogens is 250 g/mol. The summed E-state index contributed by atoms with van der Waals surface area (Å²) >= 11 is 0. The lowest BCUT2D eigenvalue weighted by Gasteiger charge is -2.28. The molecule has 1 aliphatic rings. The van der Waals surface area contributed by atoms with E-state index in [9.17, 15) is 13.2 Å². The fraction of sp³-hybridized carbons (Fsp3) is 0.462. The maximum Gasteiger partial charge on any atom is 0.226 e. The Morgan fingerprint density at radius 2 is 2.00 bits per heavy atom. The van der Waals surface area contributed by atoms with Gasteiger partial charge in [0.15, 0.2) is 9.84 Å². The van der Waals surface area contributed by atoms with E-state index in [1.54, 1.807) is 11.8 Å². The van der Waals surface area contributed by atoms with E-state index < -0.39 is 9.84 Å². The molecule has 1 heterocycles. The van der Waals surface area contributed by atoms with Crippen molar-refractivity contribution < 1.29 is 13.2 Å². The molecule has 18 heavy (non-hydrogen) atoms. The van der Waals surface area contributed by atoms with E-state index in [1.807, 2.05) is 30.3 Å². The fourth-order valence-electron chi connectivity index (χ4n) is 2.30. The molecule has 98 valence electrons. The van der Waals surface area contributed by atoms with Crippen LogP contribution in [-0.2, 0) is 14.6 Å². The number of hydrogen-bond donors (Lipinski definition) is 0. The van der Waals surface area contributed by atoms with E-state index in [-0.39, 0.29) is 23.5 Å². The van der Waals surface area contributed by atoms with E-state index in [1.165, 1.54) is 0 Å². The summed E-state index contributed by atoms with van der Waals surface area (Å²) < 4.78 is 23.1. The number of benzene rings is 1. The van der Waals surface area contributed by atoms with Gasteiger partial charge in [0.1, 0.15) is 0 Å². The van der Waals surface area contributed by atoms with Crippen LogP contribution < -0.4 is 4.90 Å². The van der Waals surface area contributed by atoms with Crippen molar-refractivity contribution >= 4 is 21.4 Å². The first-order valence-electron chi connectivity index (χ1n) is 6.11. The normalized spacial score (nSPS) is 21.7. The van der Waals surface area contributed by atoms with Gasteiger partial charge < -0.3 is 4.90 Å². The zero-order valence-corrected chi connectivity index (χ0v) is 11.2. The molecule has 5 heteroatoms. The highest BCUT2D eigenvalue weighted by Gasteiger charge is 2.34. The second kappa shape index (κ2) is 5.10. The molecule has 1 saturated heterocycles. The number of carbonyl (C=O) groups is 1. The third kappa shape index (κ3) is 2.72. The van der Waals surface area contributed by atoms with Gasteiger partial charge in [0.2, 0.25) is 5.91 Å². The number of para-hydroxylation sites is 1. The van der Waals surface area contributed by atoms with Crippen molar-refractivity contribution in [2.75, 3.05) is 16.4 Å². The van der Waals surface area contributed by atoms with E-state index in [4.69, 9.17) is 0 Å². The van der Waals surface area contributed by atoms with Crippen LogP contribution in [-0.4, -0.2) is 31.9 Å². The molecule has 1 amide bonds. The Balaban J connectivity index is 2.30. The Bertz CT molecular complexity index is 524. The zero-order valence-electron chi connectivity index (χ0n) is 10.4. The summed E-state index contributed by atoms with van der Waals surface area (Å²) in [7, 11) is -2.98. The van der Waals surface area contributed by atoms with Crippen LogP contribution in [0.5, 0.6) is 0 Å². The van der Waals surface area contributed by atoms with Crippen molar-refractivity contribution in [1.29, 1.82) is 0 Å². The predicted octanol–water partition coefficient (Wildman–Crippen LogP) is 1.62. The number of nitrogens with zero attached hydrogens (tertiary/aromatic N) is 1. The van der Waals surface area contributed by atoms with E-state index in [0.29, 0.717) is 12.8 Å². The molecule has 1 aliphatic heterocycles. The Labute approximate surface area is 108 Å². The Morgan fingerprint density at radius 1 is 1.33 bits per heavy atom. The Kier molecular flexibility index (Phi) is 3.71. The first kappa shape index (κ1) is 13.1. The first-order chi connectivity index (χ1) is 8.53. The van der Waals surface area contributed by atoms with Crippen molar-refractivity contribution in [3.8, 4) is 0 Å². The fourth-order valence-corrected chi connectivity index (χ4v) is 4.00. The summed E-state index contributed by atoms with van der Waals surface area (Å²) in [5.41, 5.74) is 0.784. The first-order valence-corrected chi connectivity index (χ1v) is 7.93. The van der Waals surface area contributed by atoms with Crippen LogP contribution in [0.1, 0.15) is 19.8 Å². The molecule has 0 saturated carbocycles. The van der Waals surface area contributed by atoms with Crippen LogP contribution in [0.15, 0.2) is 30.3 Å². The quantitative estimate of drug-likeness (QED) is 0.836. The monoisotopic (exact) mass is 267 g/mol. The van der Waals surface area contributed by atoms with Crippen LogP contribution in [0.25, 0.3) is 0 Å². The molecule has 1 aromatic rings. The third-order valence-electron chi connectivity index (χ3n) is 3.18. The smallest absolute Gasteiger partial charge is 0.226 e. The molecule has 0 spiro atoms. The minimum absolute atomic E-state index is 0.0247. The lowest BCUT2D eigenvalue weighted by atomic mass is 10.1. The summed E-state index contributed by atoms with van der Waals surface area (Å²) in [5, 5.41) is 0. The van der Waals surface area contributed by atoms with Crippen molar-refractivity contribution in [2.45, 2.75) is 25.8 Å². The number of hydrogen-bond acceptors (Lipinski definition) is 3. The molecule has 0 bridgehead atoms. The lowest BCUT2D eigenvalue weighted by molar-refractivity contribution is -0.118. The largest absolute Gasteiger partial charge is 0.308 e. The topological polar surface area (TPSA) is 54.5 Å². The highest BCUT2D eigenvalue weighted by Crippen LogP contribution is 2.24. The van der Waals surface area contributed by atoms with Gasteiger partial charge in [-0.05, 0) is 18.6 Å². The van der Waals surface area contributed by atoms with Gasteiger partial charge in [-0.15, -0.1) is 0 Å². The molecule has 0 radical (unpaired) electrons. The Hall–Kier alpha value is -1.36. The van der Waals surface area contributed by atoms with Gasteiger partial charge in [0.05, 0.1) is 17.5 Å². The van der Waals surface area contributed by atoms with Crippen LogP contribution in [0.2, 0.25) is 0 Å². The summed E-state index contributed by atoms with van der Waals surface area (Å²) in [6.07, 6.45) is 0.911. The van der Waals surface area contributed by atoms with Gasteiger partial charge in [0.25, 0.3) is 0 Å². The molecule has 1 fully saturated rings. The maximum atomic E-state index is 12.0. The van der Waals surface area contributed by atoms with E-state index >= 15 is 0 Å². The van der Waals surface area contributed by atoms with Crippen LogP contribution >= 0.6 is 0 Å². The van der Waals surface area contributed by atoms with Crippen molar-refractivity contribution in [3.63, 3.8) is 0 Å². The lowest BCUT2D eigenvalue weighted by Crippen LogP contribution is -2.41. The average molecular weight is 267 g/mol. The van der Waals surface area contributed by atoms with Crippen LogP contribution in [0, 0.1) is 0 Å². The highest BCUT2D eigenvalue weighted by atomic mass is 32.2. The Morgan fingerprint density at radius 3 is 2.50 bits per heavy atom. The van der Waals surface area contributed by atoms with E-state index in [2.05, 4.69) is 0 Å². The van der Waals surface area contributed by atoms with Crippen molar-refractivity contribution in [1.82, 2.24) is 0 Å². The van der Waals surface area contributed by atoms with Crippen LogP contribution in [0.3, 0.4) is 0 Å². The molecule has 2 rings (SSSR count). The molecule has 1 aromatic carbocycles. The summed E-state index contributed by atoms with van der Waals surface area (Å²) in [5.74, 6) is 0.231. The molecule has 0 N–H and O–H groups in total. The minimum atomic E-state index is -2.98. The number of anilines is 1. The van der Waals surface area contributed by atoms with Crippen LogP contribution in [0.4, 0.5) is 5.69 Å². The summed E-state index contributed by atoms with van der Waals surface area (Å²) in [6, 6.07) is 9.06. The third-order valence-corrected chi connectivity index (χ3v) is 4.93. The number of sulfone groups is 1. The molecule has 0 aromatic heterocycles. The van der Waals surface area contributed by atoms with Gasteiger partial charge in [-0.25, -0.2) is 8.42 Å². The number of carbonyl (C=O) groups excluding carboxylic acids is 1. The molecule has 1 atom stereocenters. The van der Waals surface area contributed by atoms with Gasteiger partial charge in [-0.2, -0.15) is 0 Å². The predicted molar refractivity (Wildman–Crippen MR) is 71.3 cm³/mol. The highest BCUT2D eigenvalue weighted by molar-refractivity contribution is 7.91. The second-order valence-corrected chi connectivity index (χ2v) is 6.74. The summed E-state index contributed by atoms with van der Waals surface area (Å²) in [6.45, 7) is 1.79. The van der Waals surface area contributed by atoms with Gasteiger partial charge in [-0.3, -0.25) is 4.79 Å². The molecular formula is C13H17NO3S. The molecule has 4 nitrogen and oxygen atoms in total. The molecule has 1 unspecified atom stereocenters.